The van der Waals surface area contributed by atoms with E-state index in [-0.39, 0.29) is 36.8 Å². The number of nitrogens with zero attached hydrogens (tertiary/aromatic N) is 1. The van der Waals surface area contributed by atoms with Crippen molar-refractivity contribution in [3.05, 3.63) is 60.2 Å². The Kier molecular flexibility index (Phi) is 6.99. The average molecular weight is 403 g/mol. The van der Waals surface area contributed by atoms with Crippen LogP contribution in [-0.4, -0.2) is 43.1 Å². The lowest BCUT2D eigenvalue weighted by molar-refractivity contribution is -0.121. The van der Waals surface area contributed by atoms with Crippen molar-refractivity contribution < 1.29 is 23.1 Å². The van der Waals surface area contributed by atoms with E-state index in [2.05, 4.69) is 10.6 Å². The summed E-state index contributed by atoms with van der Waals surface area (Å²) in [7, 11) is 0. The summed E-state index contributed by atoms with van der Waals surface area (Å²) in [6.45, 7) is 1.10. The van der Waals surface area contributed by atoms with Gasteiger partial charge in [-0.2, -0.15) is 0 Å². The van der Waals surface area contributed by atoms with Crippen LogP contribution in [0.3, 0.4) is 0 Å². The molecule has 1 saturated heterocycles. The van der Waals surface area contributed by atoms with Gasteiger partial charge in [-0.15, -0.1) is 0 Å². The van der Waals surface area contributed by atoms with Gasteiger partial charge in [0.15, 0.2) is 11.6 Å². The number of rotatable bonds is 6. The first-order valence-electron chi connectivity index (χ1n) is 9.49. The van der Waals surface area contributed by atoms with Crippen LogP contribution in [0.4, 0.5) is 19.3 Å². The number of halogens is 2. The molecule has 1 fully saturated rings. The van der Waals surface area contributed by atoms with Crippen LogP contribution in [0, 0.1) is 17.6 Å². The van der Waals surface area contributed by atoms with Crippen molar-refractivity contribution in [1.82, 2.24) is 10.2 Å². The van der Waals surface area contributed by atoms with Gasteiger partial charge in [-0.05, 0) is 37.1 Å². The maximum atomic E-state index is 13.5. The SMILES string of the molecule is O=C(Nc1ccccc1)C1CCCN(C(=O)NCCOc2ccc(F)cc2F)C1. The standard InChI is InChI=1S/C21H23F2N3O3/c22-16-8-9-19(18(23)13-16)29-12-10-24-21(28)26-11-4-5-15(14-26)20(27)25-17-6-2-1-3-7-17/h1-3,6-9,13,15H,4-5,10-12,14H2,(H,24,28)(H,25,27). The van der Waals surface area contributed by atoms with Gasteiger partial charge in [-0.3, -0.25) is 4.79 Å². The number of likely N-dealkylation sites (tertiary alicyclic amines) is 1. The van der Waals surface area contributed by atoms with Gasteiger partial charge in [0.1, 0.15) is 12.4 Å². The molecule has 2 N–H and O–H groups in total. The predicted molar refractivity (Wildman–Crippen MR) is 105 cm³/mol. The van der Waals surface area contributed by atoms with Crippen LogP contribution >= 0.6 is 0 Å². The number of hydrogen-bond donors (Lipinski definition) is 2. The number of urea groups is 1. The number of para-hydroxylation sites is 1. The number of anilines is 1. The van der Waals surface area contributed by atoms with Crippen molar-refractivity contribution in [3.8, 4) is 5.75 Å². The number of amides is 3. The number of nitrogens with one attached hydrogen (secondary N) is 2. The van der Waals surface area contributed by atoms with Crippen molar-refractivity contribution in [1.29, 1.82) is 0 Å². The number of ether oxygens (including phenoxy) is 1. The molecule has 0 bridgehead atoms. The Morgan fingerprint density at radius 3 is 2.69 bits per heavy atom. The normalized spacial score (nSPS) is 16.2. The van der Waals surface area contributed by atoms with E-state index in [9.17, 15) is 18.4 Å². The maximum absolute atomic E-state index is 13.5. The third-order valence-corrected chi connectivity index (χ3v) is 4.65. The van der Waals surface area contributed by atoms with Gasteiger partial charge in [-0.1, -0.05) is 18.2 Å². The molecule has 2 aromatic rings. The van der Waals surface area contributed by atoms with Crippen LogP contribution in [0.25, 0.3) is 0 Å². The molecule has 0 aliphatic carbocycles. The zero-order valence-corrected chi connectivity index (χ0v) is 15.9. The van der Waals surface area contributed by atoms with Crippen molar-refractivity contribution >= 4 is 17.6 Å². The van der Waals surface area contributed by atoms with Gasteiger partial charge in [0, 0.05) is 24.8 Å². The molecule has 1 aliphatic heterocycles. The van der Waals surface area contributed by atoms with Crippen molar-refractivity contribution in [2.45, 2.75) is 12.8 Å². The molecule has 8 heteroatoms. The highest BCUT2D eigenvalue weighted by Crippen LogP contribution is 2.19. The van der Waals surface area contributed by atoms with Crippen molar-refractivity contribution in [3.63, 3.8) is 0 Å². The van der Waals surface area contributed by atoms with E-state index < -0.39 is 11.6 Å². The summed E-state index contributed by atoms with van der Waals surface area (Å²) in [5, 5.41) is 5.57. The lowest BCUT2D eigenvalue weighted by atomic mass is 9.97. The first-order chi connectivity index (χ1) is 14.0. The van der Waals surface area contributed by atoms with Gasteiger partial charge < -0.3 is 20.3 Å². The molecule has 1 unspecified atom stereocenters. The molecule has 1 heterocycles. The number of hydrogen-bond acceptors (Lipinski definition) is 3. The van der Waals surface area contributed by atoms with E-state index in [1.165, 1.54) is 6.07 Å². The monoisotopic (exact) mass is 403 g/mol. The summed E-state index contributed by atoms with van der Waals surface area (Å²) in [5.74, 6) is -1.93. The second kappa shape index (κ2) is 9.86. The van der Waals surface area contributed by atoms with E-state index >= 15 is 0 Å². The third-order valence-electron chi connectivity index (χ3n) is 4.65. The molecule has 0 aromatic heterocycles. The molecule has 6 nitrogen and oxygen atoms in total. The number of benzene rings is 2. The maximum Gasteiger partial charge on any atom is 0.317 e. The molecule has 3 amide bonds. The van der Waals surface area contributed by atoms with E-state index in [0.29, 0.717) is 13.1 Å². The topological polar surface area (TPSA) is 70.7 Å². The second-order valence-electron chi connectivity index (χ2n) is 6.80. The molecule has 0 saturated carbocycles. The molecule has 0 radical (unpaired) electrons. The predicted octanol–water partition coefficient (Wildman–Crippen LogP) is 3.40. The summed E-state index contributed by atoms with van der Waals surface area (Å²) >= 11 is 0. The van der Waals surface area contributed by atoms with Crippen LogP contribution in [0.1, 0.15) is 12.8 Å². The minimum absolute atomic E-state index is 0.0417. The minimum atomic E-state index is -0.792. The van der Waals surface area contributed by atoms with Crippen LogP contribution in [0.15, 0.2) is 48.5 Å². The van der Waals surface area contributed by atoms with Crippen molar-refractivity contribution in [2.75, 3.05) is 31.6 Å². The molecule has 3 rings (SSSR count). The molecule has 1 aliphatic rings. The molecule has 1 atom stereocenters. The van der Waals surface area contributed by atoms with Gasteiger partial charge in [-0.25, -0.2) is 13.6 Å². The first-order valence-corrected chi connectivity index (χ1v) is 9.49. The second-order valence-corrected chi connectivity index (χ2v) is 6.80. The summed E-state index contributed by atoms with van der Waals surface area (Å²) in [5.41, 5.74) is 0.726. The Morgan fingerprint density at radius 2 is 1.93 bits per heavy atom. The zero-order valence-electron chi connectivity index (χ0n) is 15.9. The minimum Gasteiger partial charge on any atom is -0.489 e. The number of piperidine rings is 1. The first kappa shape index (κ1) is 20.6. The van der Waals surface area contributed by atoms with Gasteiger partial charge in [0.2, 0.25) is 5.91 Å². The van der Waals surface area contributed by atoms with Crippen LogP contribution in [-0.2, 0) is 4.79 Å². The molecular formula is C21H23F2N3O3. The largest absolute Gasteiger partial charge is 0.489 e. The van der Waals surface area contributed by atoms with Gasteiger partial charge in [0.25, 0.3) is 0 Å². The zero-order chi connectivity index (χ0) is 20.6. The number of carbonyl (C=O) groups is 2. The van der Waals surface area contributed by atoms with Gasteiger partial charge in [0.05, 0.1) is 12.5 Å². The van der Waals surface area contributed by atoms with E-state index in [0.717, 1.165) is 30.7 Å². The fraction of sp³-hybridized carbons (Fsp3) is 0.333. The van der Waals surface area contributed by atoms with Crippen molar-refractivity contribution in [2.24, 2.45) is 5.92 Å². The Bertz CT molecular complexity index is 848. The third kappa shape index (κ3) is 5.91. The lowest BCUT2D eigenvalue weighted by Crippen LogP contribution is -2.48. The van der Waals surface area contributed by atoms with E-state index in [4.69, 9.17) is 4.74 Å². The molecular weight excluding hydrogens is 380 g/mol. The molecule has 29 heavy (non-hydrogen) atoms. The molecule has 0 spiro atoms. The highest BCUT2D eigenvalue weighted by atomic mass is 19.1. The van der Waals surface area contributed by atoms with Gasteiger partial charge >= 0.3 is 6.03 Å². The van der Waals surface area contributed by atoms with E-state index in [1.54, 1.807) is 4.90 Å². The summed E-state index contributed by atoms with van der Waals surface area (Å²) in [4.78, 5) is 26.4. The Balaban J connectivity index is 1.42. The van der Waals surface area contributed by atoms with Crippen LogP contribution in [0.5, 0.6) is 5.75 Å². The Morgan fingerprint density at radius 1 is 1.14 bits per heavy atom. The van der Waals surface area contributed by atoms with Crippen LogP contribution in [0.2, 0.25) is 0 Å². The molecule has 154 valence electrons. The summed E-state index contributed by atoms with van der Waals surface area (Å²) in [6, 6.07) is 11.9. The fourth-order valence-electron chi connectivity index (χ4n) is 3.16. The quantitative estimate of drug-likeness (QED) is 0.727. The highest BCUT2D eigenvalue weighted by Gasteiger charge is 2.28. The number of carbonyl (C=O) groups excluding carboxylic acids is 2. The Labute approximate surface area is 167 Å². The highest BCUT2D eigenvalue weighted by molar-refractivity contribution is 5.93. The fourth-order valence-corrected chi connectivity index (χ4v) is 3.16. The summed E-state index contributed by atoms with van der Waals surface area (Å²) in [6.07, 6.45) is 1.45. The Hall–Kier alpha value is -3.16. The summed E-state index contributed by atoms with van der Waals surface area (Å²) < 4.78 is 31.6. The molecule has 2 aromatic carbocycles. The van der Waals surface area contributed by atoms with Crippen LogP contribution < -0.4 is 15.4 Å². The average Bonchev–Trinajstić information content (AvgIpc) is 2.73. The smallest absolute Gasteiger partial charge is 0.317 e. The lowest BCUT2D eigenvalue weighted by Gasteiger charge is -2.32. The van der Waals surface area contributed by atoms with E-state index in [1.807, 2.05) is 30.3 Å².